The third-order valence-corrected chi connectivity index (χ3v) is 6.12. The van der Waals surface area contributed by atoms with Crippen molar-refractivity contribution in [1.29, 1.82) is 0 Å². The fraction of sp³-hybridized carbons (Fsp3) is 0.368. The lowest BCUT2D eigenvalue weighted by Crippen LogP contribution is -2.34. The summed E-state index contributed by atoms with van der Waals surface area (Å²) in [4.78, 5) is 21.8. The van der Waals surface area contributed by atoms with E-state index in [1.54, 1.807) is 11.0 Å². The lowest BCUT2D eigenvalue weighted by atomic mass is 10.1. The second-order valence-corrected chi connectivity index (χ2v) is 8.09. The smallest absolute Gasteiger partial charge is 0.305 e. The number of anilines is 1. The number of nitrogens with zero attached hydrogens (tertiary/aromatic N) is 5. The summed E-state index contributed by atoms with van der Waals surface area (Å²) in [6, 6.07) is 5.89. The van der Waals surface area contributed by atoms with E-state index in [9.17, 15) is 4.79 Å². The van der Waals surface area contributed by atoms with Gasteiger partial charge in [-0.15, -0.1) is 0 Å². The van der Waals surface area contributed by atoms with Gasteiger partial charge in [0.2, 0.25) is 0 Å². The number of carbonyl (C=O) groups is 1. The maximum absolute atomic E-state index is 10.7. The van der Waals surface area contributed by atoms with E-state index in [0.717, 1.165) is 46.3 Å². The van der Waals surface area contributed by atoms with E-state index in [1.807, 2.05) is 18.2 Å². The van der Waals surface area contributed by atoms with Gasteiger partial charge in [0.1, 0.15) is 18.5 Å². The van der Waals surface area contributed by atoms with E-state index in [2.05, 4.69) is 30.9 Å². The predicted molar refractivity (Wildman–Crippen MR) is 113 cm³/mol. The quantitative estimate of drug-likeness (QED) is 0.515. The van der Waals surface area contributed by atoms with Crippen LogP contribution in [-0.4, -0.2) is 56.6 Å². The number of aliphatic carboxylic acids is 1. The predicted octanol–water partition coefficient (Wildman–Crippen LogP) is 3.69. The molecule has 29 heavy (non-hydrogen) atoms. The van der Waals surface area contributed by atoms with Crippen LogP contribution in [0, 0.1) is 0 Å². The molecule has 0 unspecified atom stereocenters. The Labute approximate surface area is 180 Å². The molecule has 3 aromatic rings. The Morgan fingerprint density at radius 1 is 1.38 bits per heavy atom. The van der Waals surface area contributed by atoms with E-state index in [4.69, 9.17) is 26.4 Å². The Morgan fingerprint density at radius 2 is 2.24 bits per heavy atom. The van der Waals surface area contributed by atoms with Crippen LogP contribution in [0.2, 0.25) is 5.02 Å². The van der Waals surface area contributed by atoms with Gasteiger partial charge < -0.3 is 14.7 Å². The van der Waals surface area contributed by atoms with E-state index in [0.29, 0.717) is 11.6 Å². The summed E-state index contributed by atoms with van der Waals surface area (Å²) in [5.41, 5.74) is 1.64. The molecule has 1 fully saturated rings. The van der Waals surface area contributed by atoms with Gasteiger partial charge in [0, 0.05) is 22.5 Å². The zero-order valence-corrected chi connectivity index (χ0v) is 17.8. The lowest BCUT2D eigenvalue weighted by molar-refractivity contribution is -0.138. The Hall–Kier alpha value is -2.23. The number of hydrogen-bond donors (Lipinski definition) is 1. The molecule has 0 bridgehead atoms. The average Bonchev–Trinajstić information content (AvgIpc) is 3.37. The number of carboxylic acids is 1. The Morgan fingerprint density at radius 3 is 3.00 bits per heavy atom. The molecule has 2 aromatic heterocycles. The van der Waals surface area contributed by atoms with Gasteiger partial charge in [-0.25, -0.2) is 14.6 Å². The highest BCUT2D eigenvalue weighted by Gasteiger charge is 2.27. The van der Waals surface area contributed by atoms with Crippen LogP contribution in [0.4, 0.5) is 5.82 Å². The summed E-state index contributed by atoms with van der Waals surface area (Å²) in [6.07, 6.45) is 5.13. The standard InChI is InChI=1S/C19H19BrClN5O3/c20-14-7-16-13(6-15(14)21)17(26-11-22-10-23-26)8-18(24-16)25-4-1-2-12(25)9-29-5-3-19(27)28/h6-8,10-12H,1-5,9H2,(H,27,28)/t12-/m1/s1. The first-order chi connectivity index (χ1) is 14.0. The minimum Gasteiger partial charge on any atom is -0.481 e. The largest absolute Gasteiger partial charge is 0.481 e. The molecule has 0 amide bonds. The maximum Gasteiger partial charge on any atom is 0.305 e. The summed E-state index contributed by atoms with van der Waals surface area (Å²) in [5.74, 6) is -0.0345. The number of pyridine rings is 1. The second-order valence-electron chi connectivity index (χ2n) is 6.83. The van der Waals surface area contributed by atoms with Gasteiger partial charge in [0.15, 0.2) is 0 Å². The van der Waals surface area contributed by atoms with E-state index >= 15 is 0 Å². The molecule has 0 aliphatic carbocycles. The minimum atomic E-state index is -0.855. The van der Waals surface area contributed by atoms with Crippen molar-refractivity contribution >= 4 is 50.2 Å². The summed E-state index contributed by atoms with van der Waals surface area (Å²) < 4.78 is 8.08. The molecule has 1 aromatic carbocycles. The Balaban J connectivity index is 1.68. The number of hydrogen-bond acceptors (Lipinski definition) is 6. The van der Waals surface area contributed by atoms with Crippen molar-refractivity contribution in [2.45, 2.75) is 25.3 Å². The van der Waals surface area contributed by atoms with Gasteiger partial charge in [-0.1, -0.05) is 11.6 Å². The minimum absolute atomic E-state index is 0.00613. The van der Waals surface area contributed by atoms with Crippen LogP contribution >= 0.6 is 27.5 Å². The zero-order valence-electron chi connectivity index (χ0n) is 15.5. The third-order valence-electron chi connectivity index (χ3n) is 4.92. The number of ether oxygens (including phenoxy) is 1. The number of aromatic nitrogens is 4. The molecule has 1 aliphatic heterocycles. The molecule has 10 heteroatoms. The van der Waals surface area contributed by atoms with Gasteiger partial charge in [0.05, 0.1) is 41.9 Å². The number of fused-ring (bicyclic) bond motifs is 1. The average molecular weight is 481 g/mol. The van der Waals surface area contributed by atoms with Crippen molar-refractivity contribution in [3.63, 3.8) is 0 Å². The molecule has 0 radical (unpaired) electrons. The van der Waals surface area contributed by atoms with Crippen molar-refractivity contribution in [1.82, 2.24) is 19.7 Å². The van der Waals surface area contributed by atoms with Crippen molar-refractivity contribution in [2.75, 3.05) is 24.7 Å². The summed E-state index contributed by atoms with van der Waals surface area (Å²) >= 11 is 9.79. The van der Waals surface area contributed by atoms with Crippen molar-refractivity contribution in [3.05, 3.63) is 40.3 Å². The lowest BCUT2D eigenvalue weighted by Gasteiger charge is -2.26. The van der Waals surface area contributed by atoms with Gasteiger partial charge in [-0.05, 0) is 40.9 Å². The number of carboxylic acid groups (broad SMARTS) is 1. The highest BCUT2D eigenvalue weighted by Crippen LogP contribution is 2.34. The second kappa shape index (κ2) is 8.64. The van der Waals surface area contributed by atoms with E-state index < -0.39 is 5.97 Å². The number of halogens is 2. The summed E-state index contributed by atoms with van der Waals surface area (Å²) in [5, 5.41) is 14.5. The molecule has 152 valence electrons. The van der Waals surface area contributed by atoms with Crippen LogP contribution in [0.25, 0.3) is 16.6 Å². The van der Waals surface area contributed by atoms with Crippen molar-refractivity contribution < 1.29 is 14.6 Å². The Kier molecular flexibility index (Phi) is 5.98. The molecule has 0 spiro atoms. The molecule has 8 nitrogen and oxygen atoms in total. The Bertz CT molecular complexity index is 1030. The number of benzene rings is 1. The molecule has 1 aliphatic rings. The highest BCUT2D eigenvalue weighted by atomic mass is 79.9. The normalized spacial score (nSPS) is 16.6. The first-order valence-corrected chi connectivity index (χ1v) is 10.4. The third kappa shape index (κ3) is 4.36. The van der Waals surface area contributed by atoms with Gasteiger partial charge in [-0.2, -0.15) is 5.10 Å². The molecular weight excluding hydrogens is 462 g/mol. The molecule has 3 heterocycles. The van der Waals surface area contributed by atoms with Crippen LogP contribution in [0.3, 0.4) is 0 Å². The molecular formula is C19H19BrClN5O3. The van der Waals surface area contributed by atoms with E-state index in [1.165, 1.54) is 6.33 Å². The van der Waals surface area contributed by atoms with Crippen molar-refractivity contribution in [2.24, 2.45) is 0 Å². The monoisotopic (exact) mass is 479 g/mol. The molecule has 1 atom stereocenters. The highest BCUT2D eigenvalue weighted by molar-refractivity contribution is 9.10. The van der Waals surface area contributed by atoms with Crippen LogP contribution in [0.5, 0.6) is 0 Å². The SMILES string of the molecule is O=C(O)CCOC[C@H]1CCCN1c1cc(-n2cncn2)c2cc(Cl)c(Br)cc2n1. The first-order valence-electron chi connectivity index (χ1n) is 9.24. The maximum atomic E-state index is 10.7. The van der Waals surface area contributed by atoms with Crippen LogP contribution in [0.1, 0.15) is 19.3 Å². The van der Waals surface area contributed by atoms with Crippen LogP contribution in [0.15, 0.2) is 35.3 Å². The van der Waals surface area contributed by atoms with E-state index in [-0.39, 0.29) is 19.1 Å². The van der Waals surface area contributed by atoms with Gasteiger partial charge >= 0.3 is 5.97 Å². The first kappa shape index (κ1) is 20.1. The van der Waals surface area contributed by atoms with Gasteiger partial charge in [-0.3, -0.25) is 4.79 Å². The van der Waals surface area contributed by atoms with Gasteiger partial charge in [0.25, 0.3) is 0 Å². The molecule has 0 saturated carbocycles. The van der Waals surface area contributed by atoms with Crippen LogP contribution in [-0.2, 0) is 9.53 Å². The zero-order chi connectivity index (χ0) is 20.4. The fourth-order valence-electron chi connectivity index (χ4n) is 3.55. The summed E-state index contributed by atoms with van der Waals surface area (Å²) in [6.45, 7) is 1.54. The molecule has 4 rings (SSSR count). The van der Waals surface area contributed by atoms with Crippen LogP contribution < -0.4 is 4.90 Å². The molecule has 1 N–H and O–H groups in total. The van der Waals surface area contributed by atoms with Crippen molar-refractivity contribution in [3.8, 4) is 5.69 Å². The molecule has 1 saturated heterocycles. The fourth-order valence-corrected chi connectivity index (χ4v) is 4.04. The topological polar surface area (TPSA) is 93.4 Å². The number of rotatable bonds is 7. The summed E-state index contributed by atoms with van der Waals surface area (Å²) in [7, 11) is 0.